The first-order valence-corrected chi connectivity index (χ1v) is 14.4. The lowest BCUT2D eigenvalue weighted by Gasteiger charge is -2.27. The molecule has 0 aromatic carbocycles. The van der Waals surface area contributed by atoms with Crippen molar-refractivity contribution in [1.29, 1.82) is 0 Å². The van der Waals surface area contributed by atoms with Crippen LogP contribution in [0.2, 0.25) is 0 Å². The largest absolute Gasteiger partial charge is 0.394 e. The van der Waals surface area contributed by atoms with Crippen molar-refractivity contribution >= 4 is 5.91 Å². The van der Waals surface area contributed by atoms with Crippen LogP contribution in [-0.4, -0.2) is 57.3 Å². The van der Waals surface area contributed by atoms with Crippen LogP contribution in [0.3, 0.4) is 0 Å². The number of carbonyl (C=O) groups excluding carboxylic acids is 1. The van der Waals surface area contributed by atoms with E-state index in [0.717, 1.165) is 38.5 Å². The number of rotatable bonds is 25. The number of amides is 1. The number of hydrogen-bond acceptors (Lipinski definition) is 5. The highest BCUT2D eigenvalue weighted by Gasteiger charge is 2.28. The molecule has 0 bridgehead atoms. The van der Waals surface area contributed by atoms with Gasteiger partial charge in [-0.2, -0.15) is 0 Å². The zero-order chi connectivity index (χ0) is 25.4. The van der Waals surface area contributed by atoms with Crippen molar-refractivity contribution in [3.63, 3.8) is 0 Å². The van der Waals surface area contributed by atoms with Crippen LogP contribution < -0.4 is 5.32 Å². The predicted octanol–water partition coefficient (Wildman–Crippen LogP) is 5.39. The summed E-state index contributed by atoms with van der Waals surface area (Å²) < 4.78 is 0. The van der Waals surface area contributed by atoms with Gasteiger partial charge in [-0.3, -0.25) is 4.79 Å². The van der Waals surface area contributed by atoms with Crippen molar-refractivity contribution in [1.82, 2.24) is 5.32 Å². The van der Waals surface area contributed by atoms with Crippen molar-refractivity contribution < 1.29 is 25.2 Å². The fraction of sp³-hybridized carbons (Fsp3) is 0.964. The van der Waals surface area contributed by atoms with Crippen LogP contribution in [0.15, 0.2) is 0 Å². The monoisotopic (exact) mass is 487 g/mol. The zero-order valence-corrected chi connectivity index (χ0v) is 22.4. The maximum absolute atomic E-state index is 12.3. The number of aliphatic hydroxyl groups excluding tert-OH is 4. The van der Waals surface area contributed by atoms with Gasteiger partial charge in [0.15, 0.2) is 0 Å². The fourth-order valence-electron chi connectivity index (χ4n) is 4.40. The lowest BCUT2D eigenvalue weighted by Crippen LogP contribution is -2.53. The summed E-state index contributed by atoms with van der Waals surface area (Å²) in [7, 11) is 0. The minimum absolute atomic E-state index is 0.372. The van der Waals surface area contributed by atoms with Crippen molar-refractivity contribution in [3.8, 4) is 0 Å². The van der Waals surface area contributed by atoms with Crippen LogP contribution >= 0.6 is 0 Å². The molecule has 0 saturated heterocycles. The van der Waals surface area contributed by atoms with E-state index in [1.165, 1.54) is 77.0 Å². The smallest absolute Gasteiger partial charge is 0.249 e. The summed E-state index contributed by atoms with van der Waals surface area (Å²) in [5.74, 6) is -0.590. The Hall–Kier alpha value is -0.690. The van der Waals surface area contributed by atoms with Gasteiger partial charge in [0.05, 0.1) is 18.8 Å². The zero-order valence-electron chi connectivity index (χ0n) is 22.4. The van der Waals surface area contributed by atoms with Crippen molar-refractivity contribution in [2.24, 2.45) is 0 Å². The van der Waals surface area contributed by atoms with Gasteiger partial charge in [-0.25, -0.2) is 0 Å². The topological polar surface area (TPSA) is 110 Å². The van der Waals surface area contributed by atoms with E-state index in [2.05, 4.69) is 19.2 Å². The van der Waals surface area contributed by atoms with E-state index >= 15 is 0 Å². The predicted molar refractivity (Wildman–Crippen MR) is 141 cm³/mol. The molecular weight excluding hydrogens is 430 g/mol. The highest BCUT2D eigenvalue weighted by Crippen LogP contribution is 2.15. The van der Waals surface area contributed by atoms with E-state index in [4.69, 9.17) is 0 Å². The molecule has 0 heterocycles. The van der Waals surface area contributed by atoms with E-state index in [1.807, 2.05) is 0 Å². The average Bonchev–Trinajstić information content (AvgIpc) is 2.84. The van der Waals surface area contributed by atoms with E-state index in [1.54, 1.807) is 0 Å². The molecular formula is C28H57NO5. The van der Waals surface area contributed by atoms with Gasteiger partial charge in [-0.15, -0.1) is 0 Å². The summed E-state index contributed by atoms with van der Waals surface area (Å²) in [6.07, 6.45) is 18.4. The van der Waals surface area contributed by atoms with E-state index < -0.39 is 36.9 Å². The Morgan fingerprint density at radius 1 is 0.618 bits per heavy atom. The molecule has 6 heteroatoms. The highest BCUT2D eigenvalue weighted by molar-refractivity contribution is 5.80. The average molecular weight is 488 g/mol. The van der Waals surface area contributed by atoms with Gasteiger partial charge in [-0.05, 0) is 12.8 Å². The summed E-state index contributed by atoms with van der Waals surface area (Å²) in [6.45, 7) is 3.95. The normalized spacial score (nSPS) is 15.1. The molecule has 5 N–H and O–H groups in total. The molecule has 34 heavy (non-hydrogen) atoms. The van der Waals surface area contributed by atoms with Gasteiger partial charge in [0.2, 0.25) is 5.91 Å². The van der Waals surface area contributed by atoms with Crippen molar-refractivity contribution in [3.05, 3.63) is 0 Å². The minimum Gasteiger partial charge on any atom is -0.394 e. The lowest BCUT2D eigenvalue weighted by atomic mass is 9.99. The third-order valence-electron chi connectivity index (χ3n) is 6.82. The maximum atomic E-state index is 12.3. The SMILES string of the molecule is CCCCCCCCCCCC(O)C(=O)NC(CO)C(O)C(O)CCCCCCCCCCC. The molecule has 0 saturated carbocycles. The second kappa shape index (κ2) is 24.0. The fourth-order valence-corrected chi connectivity index (χ4v) is 4.40. The van der Waals surface area contributed by atoms with Crippen molar-refractivity contribution in [2.45, 2.75) is 167 Å². The summed E-state index contributed by atoms with van der Waals surface area (Å²) in [4.78, 5) is 12.3. The van der Waals surface area contributed by atoms with E-state index in [9.17, 15) is 25.2 Å². The molecule has 0 aliphatic rings. The first kappa shape index (κ1) is 33.3. The van der Waals surface area contributed by atoms with Crippen LogP contribution in [0.25, 0.3) is 0 Å². The summed E-state index contributed by atoms with van der Waals surface area (Å²) in [5.41, 5.74) is 0. The Morgan fingerprint density at radius 2 is 1.00 bits per heavy atom. The Labute approximate surface area is 209 Å². The molecule has 4 atom stereocenters. The maximum Gasteiger partial charge on any atom is 0.249 e. The van der Waals surface area contributed by atoms with Gasteiger partial charge in [0.25, 0.3) is 0 Å². The molecule has 0 fully saturated rings. The quantitative estimate of drug-likeness (QED) is 0.111. The Morgan fingerprint density at radius 3 is 1.41 bits per heavy atom. The highest BCUT2D eigenvalue weighted by atomic mass is 16.3. The summed E-state index contributed by atoms with van der Waals surface area (Å²) >= 11 is 0. The molecule has 0 rings (SSSR count). The molecule has 0 aromatic rings. The molecule has 1 amide bonds. The summed E-state index contributed by atoms with van der Waals surface area (Å²) in [5, 5.41) is 42.9. The second-order valence-corrected chi connectivity index (χ2v) is 10.1. The van der Waals surface area contributed by atoms with Gasteiger partial charge in [0.1, 0.15) is 12.2 Å². The first-order chi connectivity index (χ1) is 16.5. The Kier molecular flexibility index (Phi) is 23.5. The molecule has 0 radical (unpaired) electrons. The number of nitrogens with one attached hydrogen (secondary N) is 1. The van der Waals surface area contributed by atoms with Crippen LogP contribution in [-0.2, 0) is 4.79 Å². The second-order valence-electron chi connectivity index (χ2n) is 10.1. The molecule has 0 aromatic heterocycles. The molecule has 6 nitrogen and oxygen atoms in total. The molecule has 0 aliphatic heterocycles. The molecule has 204 valence electrons. The standard InChI is InChI=1S/C28H57NO5/c1-3-5-7-9-11-13-15-17-19-21-25(31)27(33)24(23-30)29-28(34)26(32)22-20-18-16-14-12-10-8-6-4-2/h24-27,30-33H,3-23H2,1-2H3,(H,29,34). The third-order valence-corrected chi connectivity index (χ3v) is 6.82. The molecule has 0 spiro atoms. The number of carbonyl (C=O) groups is 1. The van der Waals surface area contributed by atoms with Crippen molar-refractivity contribution in [2.75, 3.05) is 6.61 Å². The number of unbranched alkanes of at least 4 members (excludes halogenated alkanes) is 16. The Bertz CT molecular complexity index is 449. The van der Waals surface area contributed by atoms with Crippen LogP contribution in [0, 0.1) is 0 Å². The van der Waals surface area contributed by atoms with Crippen LogP contribution in [0.1, 0.15) is 142 Å². The first-order valence-electron chi connectivity index (χ1n) is 14.4. The van der Waals surface area contributed by atoms with E-state index in [0.29, 0.717) is 12.8 Å². The van der Waals surface area contributed by atoms with Crippen LogP contribution in [0.4, 0.5) is 0 Å². The van der Waals surface area contributed by atoms with E-state index in [-0.39, 0.29) is 0 Å². The minimum atomic E-state index is -1.25. The number of aliphatic hydroxyl groups is 4. The van der Waals surface area contributed by atoms with Gasteiger partial charge < -0.3 is 25.7 Å². The summed E-state index contributed by atoms with van der Waals surface area (Å²) in [6, 6.07) is -0.973. The molecule has 4 unspecified atom stereocenters. The Balaban J connectivity index is 3.95. The van der Waals surface area contributed by atoms with Gasteiger partial charge in [0, 0.05) is 0 Å². The lowest BCUT2D eigenvalue weighted by molar-refractivity contribution is -0.132. The van der Waals surface area contributed by atoms with Gasteiger partial charge >= 0.3 is 0 Å². The number of hydrogen-bond donors (Lipinski definition) is 5. The molecule has 0 aliphatic carbocycles. The van der Waals surface area contributed by atoms with Gasteiger partial charge in [-0.1, -0.05) is 129 Å². The van der Waals surface area contributed by atoms with Crippen LogP contribution in [0.5, 0.6) is 0 Å². The third kappa shape index (κ3) is 18.6.